The van der Waals surface area contributed by atoms with E-state index in [-0.39, 0.29) is 0 Å². The van der Waals surface area contributed by atoms with Gasteiger partial charge in [0.25, 0.3) is 0 Å². The van der Waals surface area contributed by atoms with Crippen LogP contribution in [0.5, 0.6) is 5.75 Å². The van der Waals surface area contributed by atoms with Crippen molar-refractivity contribution in [3.05, 3.63) is 29.8 Å². The molecule has 16 heavy (non-hydrogen) atoms. The molecule has 0 aliphatic rings. The van der Waals surface area contributed by atoms with Crippen molar-refractivity contribution in [3.8, 4) is 5.75 Å². The van der Waals surface area contributed by atoms with Crippen LogP contribution in [0.25, 0.3) is 0 Å². The molecule has 88 valence electrons. The number of nitrogens with two attached hydrogens (primary N) is 1. The molecule has 0 unspecified atom stereocenters. The van der Waals surface area contributed by atoms with Gasteiger partial charge in [0.1, 0.15) is 5.75 Å². The zero-order valence-corrected chi connectivity index (χ0v) is 9.74. The molecule has 0 saturated heterocycles. The van der Waals surface area contributed by atoms with E-state index in [4.69, 9.17) is 10.5 Å². The maximum absolute atomic E-state index is 10.8. The average Bonchev–Trinajstić information content (AvgIpc) is 2.29. The van der Waals surface area contributed by atoms with Crippen LogP contribution >= 0.6 is 0 Å². The fraction of sp³-hybridized carbons (Fsp3) is 0.462. The van der Waals surface area contributed by atoms with E-state index in [0.717, 1.165) is 18.8 Å². The molecular formula is C13H19NO2. The second kappa shape index (κ2) is 6.88. The first kappa shape index (κ1) is 12.6. The van der Waals surface area contributed by atoms with Gasteiger partial charge in [-0.3, -0.25) is 4.79 Å². The lowest BCUT2D eigenvalue weighted by atomic mass is 10.2. The first-order valence-electron chi connectivity index (χ1n) is 5.76. The largest absolute Gasteiger partial charge is 0.494 e. The summed E-state index contributed by atoms with van der Waals surface area (Å²) in [6.07, 6.45) is 4.76. The van der Waals surface area contributed by atoms with Crippen molar-refractivity contribution in [2.75, 3.05) is 6.61 Å². The van der Waals surface area contributed by atoms with E-state index in [2.05, 4.69) is 6.92 Å². The molecule has 0 atom stereocenters. The number of ether oxygens (including phenoxy) is 1. The Kier molecular flexibility index (Phi) is 5.40. The molecule has 0 heterocycles. The van der Waals surface area contributed by atoms with Gasteiger partial charge in [0.15, 0.2) is 0 Å². The fourth-order valence-electron chi connectivity index (χ4n) is 1.43. The number of hydrogen-bond donors (Lipinski definition) is 1. The van der Waals surface area contributed by atoms with E-state index < -0.39 is 5.91 Å². The van der Waals surface area contributed by atoms with E-state index >= 15 is 0 Å². The first-order valence-corrected chi connectivity index (χ1v) is 5.76. The van der Waals surface area contributed by atoms with Crippen LogP contribution in [-0.4, -0.2) is 12.5 Å². The van der Waals surface area contributed by atoms with Gasteiger partial charge in [0.05, 0.1) is 6.61 Å². The van der Waals surface area contributed by atoms with Crippen LogP contribution in [0.2, 0.25) is 0 Å². The molecule has 1 amide bonds. The smallest absolute Gasteiger partial charge is 0.248 e. The number of unbranched alkanes of at least 4 members (excludes halogenated alkanes) is 3. The molecule has 0 fully saturated rings. The van der Waals surface area contributed by atoms with Crippen molar-refractivity contribution in [3.63, 3.8) is 0 Å². The molecule has 0 saturated carbocycles. The highest BCUT2D eigenvalue weighted by molar-refractivity contribution is 5.92. The van der Waals surface area contributed by atoms with Gasteiger partial charge >= 0.3 is 0 Å². The van der Waals surface area contributed by atoms with Crippen molar-refractivity contribution in [2.45, 2.75) is 32.6 Å². The fourth-order valence-corrected chi connectivity index (χ4v) is 1.43. The highest BCUT2D eigenvalue weighted by Gasteiger charge is 1.99. The number of hydrogen-bond acceptors (Lipinski definition) is 2. The van der Waals surface area contributed by atoms with Crippen molar-refractivity contribution in [2.24, 2.45) is 5.73 Å². The number of primary amides is 1. The van der Waals surface area contributed by atoms with Gasteiger partial charge in [-0.2, -0.15) is 0 Å². The predicted octanol–water partition coefficient (Wildman–Crippen LogP) is 2.74. The van der Waals surface area contributed by atoms with Crippen LogP contribution in [-0.2, 0) is 0 Å². The quantitative estimate of drug-likeness (QED) is 0.720. The molecule has 0 radical (unpaired) electrons. The Morgan fingerprint density at radius 3 is 2.44 bits per heavy atom. The molecule has 1 aromatic carbocycles. The van der Waals surface area contributed by atoms with Gasteiger partial charge < -0.3 is 10.5 Å². The third kappa shape index (κ3) is 4.34. The summed E-state index contributed by atoms with van der Waals surface area (Å²) in [5, 5.41) is 0. The van der Waals surface area contributed by atoms with Crippen molar-refractivity contribution in [1.29, 1.82) is 0 Å². The summed E-state index contributed by atoms with van der Waals surface area (Å²) in [6, 6.07) is 6.92. The monoisotopic (exact) mass is 221 g/mol. The molecule has 2 N–H and O–H groups in total. The summed E-state index contributed by atoms with van der Waals surface area (Å²) >= 11 is 0. The summed E-state index contributed by atoms with van der Waals surface area (Å²) in [7, 11) is 0. The van der Waals surface area contributed by atoms with Crippen molar-refractivity contribution < 1.29 is 9.53 Å². The first-order chi connectivity index (χ1) is 7.74. The second-order valence-electron chi connectivity index (χ2n) is 3.80. The molecule has 0 aliphatic carbocycles. The minimum Gasteiger partial charge on any atom is -0.494 e. The Morgan fingerprint density at radius 2 is 1.88 bits per heavy atom. The van der Waals surface area contributed by atoms with Crippen LogP contribution in [0.4, 0.5) is 0 Å². The van der Waals surface area contributed by atoms with Crippen LogP contribution < -0.4 is 10.5 Å². The maximum atomic E-state index is 10.8. The lowest BCUT2D eigenvalue weighted by Gasteiger charge is -2.05. The minimum absolute atomic E-state index is 0.408. The molecule has 3 heteroatoms. The molecule has 0 aromatic heterocycles. The van der Waals surface area contributed by atoms with Crippen LogP contribution in [0.15, 0.2) is 24.3 Å². The van der Waals surface area contributed by atoms with Crippen molar-refractivity contribution >= 4 is 5.91 Å². The average molecular weight is 221 g/mol. The Balaban J connectivity index is 2.29. The second-order valence-corrected chi connectivity index (χ2v) is 3.80. The lowest BCUT2D eigenvalue weighted by Crippen LogP contribution is -2.10. The third-order valence-electron chi connectivity index (χ3n) is 2.41. The maximum Gasteiger partial charge on any atom is 0.248 e. The number of carbonyl (C=O) groups excluding carboxylic acids is 1. The molecular weight excluding hydrogens is 202 g/mol. The molecule has 1 aromatic rings. The summed E-state index contributed by atoms with van der Waals surface area (Å²) in [5.41, 5.74) is 5.65. The van der Waals surface area contributed by atoms with Gasteiger partial charge in [0.2, 0.25) is 5.91 Å². The minimum atomic E-state index is -0.408. The van der Waals surface area contributed by atoms with Gasteiger partial charge in [-0.1, -0.05) is 26.2 Å². The summed E-state index contributed by atoms with van der Waals surface area (Å²) < 4.78 is 5.54. The predicted molar refractivity (Wildman–Crippen MR) is 64.6 cm³/mol. The zero-order valence-electron chi connectivity index (χ0n) is 9.74. The van der Waals surface area contributed by atoms with Crippen molar-refractivity contribution in [1.82, 2.24) is 0 Å². The molecule has 0 aliphatic heterocycles. The van der Waals surface area contributed by atoms with E-state index in [1.807, 2.05) is 0 Å². The summed E-state index contributed by atoms with van der Waals surface area (Å²) in [4.78, 5) is 10.8. The standard InChI is InChI=1S/C13H19NO2/c1-2-3-4-5-10-16-12-8-6-11(7-9-12)13(14)15/h6-9H,2-5,10H2,1H3,(H2,14,15). The summed E-state index contributed by atoms with van der Waals surface area (Å²) in [6.45, 7) is 2.92. The highest BCUT2D eigenvalue weighted by atomic mass is 16.5. The topological polar surface area (TPSA) is 52.3 Å². The molecule has 0 spiro atoms. The van der Waals surface area contributed by atoms with Crippen LogP contribution in [0.1, 0.15) is 43.0 Å². The van der Waals surface area contributed by atoms with E-state index in [9.17, 15) is 4.79 Å². The molecule has 3 nitrogen and oxygen atoms in total. The van der Waals surface area contributed by atoms with Gasteiger partial charge in [-0.25, -0.2) is 0 Å². The number of benzene rings is 1. The van der Waals surface area contributed by atoms with Crippen LogP contribution in [0, 0.1) is 0 Å². The molecule has 1 rings (SSSR count). The SMILES string of the molecule is CCCCCCOc1ccc(C(N)=O)cc1. The normalized spacial score (nSPS) is 10.1. The Morgan fingerprint density at radius 1 is 1.19 bits per heavy atom. The Hall–Kier alpha value is -1.51. The highest BCUT2D eigenvalue weighted by Crippen LogP contribution is 2.12. The lowest BCUT2D eigenvalue weighted by molar-refractivity contribution is 0.100. The van der Waals surface area contributed by atoms with E-state index in [0.29, 0.717) is 5.56 Å². The Bertz CT molecular complexity index is 319. The van der Waals surface area contributed by atoms with Gasteiger partial charge in [-0.15, -0.1) is 0 Å². The number of rotatable bonds is 7. The summed E-state index contributed by atoms with van der Waals surface area (Å²) in [5.74, 6) is 0.385. The third-order valence-corrected chi connectivity index (χ3v) is 2.41. The van der Waals surface area contributed by atoms with E-state index in [1.165, 1.54) is 19.3 Å². The Labute approximate surface area is 96.6 Å². The van der Waals surface area contributed by atoms with Gasteiger partial charge in [-0.05, 0) is 30.7 Å². The van der Waals surface area contributed by atoms with Crippen LogP contribution in [0.3, 0.4) is 0 Å². The van der Waals surface area contributed by atoms with E-state index in [1.54, 1.807) is 24.3 Å². The number of amides is 1. The molecule has 0 bridgehead atoms. The number of carbonyl (C=O) groups is 1. The zero-order chi connectivity index (χ0) is 11.8. The van der Waals surface area contributed by atoms with Gasteiger partial charge in [0, 0.05) is 5.56 Å².